The average Bonchev–Trinajstić information content (AvgIpc) is 3.28. The molecular weight excluding hydrogens is 840 g/mol. The van der Waals surface area contributed by atoms with Gasteiger partial charge in [0.1, 0.15) is 13.2 Å². The Bertz CT molecular complexity index is 1210. The van der Waals surface area contributed by atoms with E-state index in [9.17, 15) is 19.4 Å². The number of quaternary nitrogens is 1. The minimum atomic E-state index is -4.35. The highest BCUT2D eigenvalue weighted by atomic mass is 31.2. The molecule has 0 aromatic rings. The van der Waals surface area contributed by atoms with Crippen molar-refractivity contribution in [3.63, 3.8) is 0 Å². The second kappa shape index (κ2) is 48.5. The number of hydrogen-bond donors (Lipinski definition) is 3. The van der Waals surface area contributed by atoms with Crippen molar-refractivity contribution in [3.05, 3.63) is 48.6 Å². The predicted octanol–water partition coefficient (Wildman–Crippen LogP) is 16.8. The van der Waals surface area contributed by atoms with Crippen LogP contribution in [0, 0.1) is 0 Å². The first-order valence-corrected chi connectivity index (χ1v) is 29.5. The van der Waals surface area contributed by atoms with Crippen LogP contribution in [0.4, 0.5) is 0 Å². The van der Waals surface area contributed by atoms with Crippen LogP contribution >= 0.6 is 7.82 Å². The van der Waals surface area contributed by atoms with E-state index in [2.05, 4.69) is 55.6 Å². The molecule has 0 spiro atoms. The molecule has 0 heterocycles. The quantitative estimate of drug-likeness (QED) is 0.0243. The van der Waals surface area contributed by atoms with Gasteiger partial charge in [-0.1, -0.05) is 229 Å². The lowest BCUT2D eigenvalue weighted by atomic mass is 10.0. The lowest BCUT2D eigenvalue weighted by Crippen LogP contribution is -2.45. The van der Waals surface area contributed by atoms with Gasteiger partial charge in [-0.05, 0) is 70.6 Å². The number of phosphoric ester groups is 1. The van der Waals surface area contributed by atoms with Crippen LogP contribution in [0.25, 0.3) is 0 Å². The molecule has 8 nitrogen and oxygen atoms in total. The number of amides is 1. The molecule has 3 N–H and O–H groups in total. The summed E-state index contributed by atoms with van der Waals surface area (Å²) in [6.07, 6.45) is 63.6. The van der Waals surface area contributed by atoms with Gasteiger partial charge in [-0.25, -0.2) is 4.57 Å². The van der Waals surface area contributed by atoms with Crippen LogP contribution in [0.15, 0.2) is 48.6 Å². The number of nitrogens with one attached hydrogen (secondary N) is 1. The maximum absolute atomic E-state index is 12.9. The largest absolute Gasteiger partial charge is 0.472 e. The molecule has 0 radical (unpaired) electrons. The maximum atomic E-state index is 12.9. The predicted molar refractivity (Wildman–Crippen MR) is 286 cm³/mol. The molecule has 3 atom stereocenters. The van der Waals surface area contributed by atoms with Crippen LogP contribution in [-0.2, 0) is 18.4 Å². The van der Waals surface area contributed by atoms with E-state index in [1.807, 2.05) is 27.2 Å². The number of carbonyl (C=O) groups is 1. The number of likely N-dealkylation sites (N-methyl/N-ethyl adjacent to an activating group) is 1. The molecule has 0 aliphatic carbocycles. The summed E-state index contributed by atoms with van der Waals surface area (Å²) in [5.41, 5.74) is 0. The van der Waals surface area contributed by atoms with E-state index in [1.165, 1.54) is 193 Å². The molecule has 0 rings (SSSR count). The first kappa shape index (κ1) is 64.5. The first-order chi connectivity index (χ1) is 32.0. The highest BCUT2D eigenvalue weighted by Crippen LogP contribution is 2.43. The van der Waals surface area contributed by atoms with Gasteiger partial charge in [-0.15, -0.1) is 0 Å². The van der Waals surface area contributed by atoms with E-state index in [0.29, 0.717) is 17.4 Å². The average molecular weight is 950 g/mol. The Balaban J connectivity index is 4.14. The van der Waals surface area contributed by atoms with Crippen molar-refractivity contribution in [2.24, 2.45) is 0 Å². The fourth-order valence-corrected chi connectivity index (χ4v) is 8.81. The second-order valence-electron chi connectivity index (χ2n) is 20.3. The van der Waals surface area contributed by atoms with Crippen molar-refractivity contribution < 1.29 is 32.9 Å². The normalized spacial score (nSPS) is 14.3. The zero-order chi connectivity index (χ0) is 48.5. The van der Waals surface area contributed by atoms with Gasteiger partial charge in [0.25, 0.3) is 0 Å². The van der Waals surface area contributed by atoms with Gasteiger partial charge in [0.2, 0.25) is 5.91 Å². The SMILES string of the molecule is CCCCCCC/C=C/CC/C=C/CC/C=C/C(O)C(COP(=O)(O)OCC[N+](C)(C)C)NC(=O)CCCCCCCCCCCCCCCCCCC/C=C\CCCCCCCCCC. The van der Waals surface area contributed by atoms with Gasteiger partial charge >= 0.3 is 7.82 Å². The van der Waals surface area contributed by atoms with Crippen molar-refractivity contribution in [3.8, 4) is 0 Å². The summed E-state index contributed by atoms with van der Waals surface area (Å²) in [4.78, 5) is 23.2. The minimum Gasteiger partial charge on any atom is -0.387 e. The third-order valence-corrected chi connectivity index (χ3v) is 13.5. The molecule has 0 saturated carbocycles. The summed E-state index contributed by atoms with van der Waals surface area (Å²) in [6.45, 7) is 4.79. The van der Waals surface area contributed by atoms with Gasteiger partial charge in [0.15, 0.2) is 0 Å². The number of rotatable bonds is 51. The molecule has 0 bridgehead atoms. The number of phosphoric acid groups is 1. The fourth-order valence-electron chi connectivity index (χ4n) is 8.07. The van der Waals surface area contributed by atoms with Crippen molar-refractivity contribution >= 4 is 13.7 Å². The van der Waals surface area contributed by atoms with Crippen molar-refractivity contribution in [1.82, 2.24) is 5.32 Å². The van der Waals surface area contributed by atoms with Crippen molar-refractivity contribution in [2.75, 3.05) is 40.9 Å². The number of aliphatic hydroxyl groups is 1. The molecule has 388 valence electrons. The smallest absolute Gasteiger partial charge is 0.387 e. The van der Waals surface area contributed by atoms with Gasteiger partial charge in [0.05, 0.1) is 39.9 Å². The summed E-state index contributed by atoms with van der Waals surface area (Å²) >= 11 is 0. The summed E-state index contributed by atoms with van der Waals surface area (Å²) in [7, 11) is 1.55. The van der Waals surface area contributed by atoms with Crippen molar-refractivity contribution in [1.29, 1.82) is 0 Å². The molecule has 9 heteroatoms. The molecule has 0 aliphatic heterocycles. The van der Waals surface area contributed by atoms with Gasteiger partial charge < -0.3 is 19.8 Å². The molecule has 0 fully saturated rings. The number of carbonyl (C=O) groups excluding carboxylic acids is 1. The lowest BCUT2D eigenvalue weighted by molar-refractivity contribution is -0.870. The van der Waals surface area contributed by atoms with E-state index < -0.39 is 20.0 Å². The molecule has 0 aliphatic rings. The molecular formula is C57H110N2O6P+. The van der Waals surface area contributed by atoms with Gasteiger partial charge in [0, 0.05) is 6.42 Å². The van der Waals surface area contributed by atoms with E-state index in [1.54, 1.807) is 6.08 Å². The first-order valence-electron chi connectivity index (χ1n) is 28.0. The second-order valence-corrected chi connectivity index (χ2v) is 21.7. The number of unbranched alkanes of at least 4 members (excludes halogenated alkanes) is 32. The fraction of sp³-hybridized carbons (Fsp3) is 0.842. The van der Waals surface area contributed by atoms with E-state index in [0.717, 1.165) is 44.9 Å². The van der Waals surface area contributed by atoms with Crippen molar-refractivity contribution in [2.45, 2.75) is 270 Å². The van der Waals surface area contributed by atoms with E-state index in [4.69, 9.17) is 9.05 Å². The highest BCUT2D eigenvalue weighted by Gasteiger charge is 2.27. The lowest BCUT2D eigenvalue weighted by Gasteiger charge is -2.25. The number of allylic oxidation sites excluding steroid dienone is 7. The summed E-state index contributed by atoms with van der Waals surface area (Å²) in [5, 5.41) is 13.9. The number of hydrogen-bond acceptors (Lipinski definition) is 5. The Labute approximate surface area is 409 Å². The summed E-state index contributed by atoms with van der Waals surface area (Å²) < 4.78 is 23.6. The molecule has 1 amide bonds. The Morgan fingerprint density at radius 2 is 0.833 bits per heavy atom. The number of aliphatic hydroxyl groups excluding tert-OH is 1. The van der Waals surface area contributed by atoms with Crippen LogP contribution in [0.1, 0.15) is 258 Å². The molecule has 3 unspecified atom stereocenters. The maximum Gasteiger partial charge on any atom is 0.472 e. The molecule has 0 aromatic heterocycles. The Morgan fingerprint density at radius 3 is 1.21 bits per heavy atom. The summed E-state index contributed by atoms with van der Waals surface area (Å²) in [5.74, 6) is -0.189. The summed E-state index contributed by atoms with van der Waals surface area (Å²) in [6, 6.07) is -0.869. The topological polar surface area (TPSA) is 105 Å². The van der Waals surface area contributed by atoms with E-state index in [-0.39, 0.29) is 19.1 Å². The Kier molecular flexibility index (Phi) is 47.4. The zero-order valence-electron chi connectivity index (χ0n) is 44.2. The minimum absolute atomic E-state index is 0.0537. The third-order valence-electron chi connectivity index (χ3n) is 12.5. The molecule has 0 saturated heterocycles. The number of nitrogens with zero attached hydrogens (tertiary/aromatic N) is 1. The van der Waals surface area contributed by atoms with Crippen LogP contribution in [0.2, 0.25) is 0 Å². The van der Waals surface area contributed by atoms with Gasteiger partial charge in [-0.3, -0.25) is 13.8 Å². The van der Waals surface area contributed by atoms with Gasteiger partial charge in [-0.2, -0.15) is 0 Å². The van der Waals surface area contributed by atoms with Crippen LogP contribution in [0.3, 0.4) is 0 Å². The third kappa shape index (κ3) is 50.3. The molecule has 0 aromatic carbocycles. The Morgan fingerprint density at radius 1 is 0.500 bits per heavy atom. The van der Waals surface area contributed by atoms with Crippen LogP contribution < -0.4 is 5.32 Å². The monoisotopic (exact) mass is 950 g/mol. The standard InChI is InChI=1S/C57H109N2O6P/c1-6-8-10-12-14-16-18-20-22-23-24-25-26-27-28-29-30-31-32-33-34-35-37-39-41-43-45-47-49-51-57(61)58-55(54-65-66(62,63)64-53-52-59(3,4)5)56(60)50-48-46-44-42-40-38-36-21-19-17-15-13-11-9-7-2/h19,21,23-24,40,42,48,50,55-56,60H,6-18,20,22,25-39,41,43-47,49,51-54H2,1-5H3,(H-,58,61,62,63)/p+1/b21-19+,24-23-,42-40+,50-48+. The molecule has 66 heavy (non-hydrogen) atoms. The highest BCUT2D eigenvalue weighted by molar-refractivity contribution is 7.47. The van der Waals surface area contributed by atoms with Crippen LogP contribution in [-0.4, -0.2) is 73.4 Å². The van der Waals surface area contributed by atoms with Crippen LogP contribution in [0.5, 0.6) is 0 Å². The Hall–Kier alpha value is -1.54. The van der Waals surface area contributed by atoms with E-state index >= 15 is 0 Å². The zero-order valence-corrected chi connectivity index (χ0v) is 45.1.